The number of carbonyl (C=O) groups is 3. The van der Waals surface area contributed by atoms with E-state index in [4.69, 9.17) is 18.9 Å². The van der Waals surface area contributed by atoms with E-state index < -0.39 is 30.5 Å². The van der Waals surface area contributed by atoms with Gasteiger partial charge in [0.05, 0.1) is 19.8 Å². The molecule has 9 nitrogen and oxygen atoms in total. The van der Waals surface area contributed by atoms with Gasteiger partial charge in [0, 0.05) is 0 Å². The average molecular weight is 395 g/mol. The molecule has 1 atom stereocenters. The van der Waals surface area contributed by atoms with Gasteiger partial charge in [-0.3, -0.25) is 4.79 Å². The number of hydrogen-bond donors (Lipinski definition) is 1. The van der Waals surface area contributed by atoms with Crippen LogP contribution in [0.15, 0.2) is 12.1 Å². The molecular weight excluding hydrogens is 370 g/mol. The van der Waals surface area contributed by atoms with E-state index in [2.05, 4.69) is 10.1 Å². The fraction of sp³-hybridized carbons (Fsp3) is 0.526. The summed E-state index contributed by atoms with van der Waals surface area (Å²) in [4.78, 5) is 36.2. The van der Waals surface area contributed by atoms with Crippen LogP contribution in [-0.4, -0.2) is 57.9 Å². The van der Waals surface area contributed by atoms with Crippen molar-refractivity contribution in [2.75, 3.05) is 34.0 Å². The molecule has 0 fully saturated rings. The summed E-state index contributed by atoms with van der Waals surface area (Å²) in [6.07, 6.45) is 0.408. The minimum absolute atomic E-state index is 0.153. The van der Waals surface area contributed by atoms with Crippen molar-refractivity contribution in [1.29, 1.82) is 0 Å². The van der Waals surface area contributed by atoms with Crippen molar-refractivity contribution in [1.82, 2.24) is 5.32 Å². The van der Waals surface area contributed by atoms with Gasteiger partial charge in [0.15, 0.2) is 18.1 Å². The highest BCUT2D eigenvalue weighted by Crippen LogP contribution is 2.40. The lowest BCUT2D eigenvalue weighted by Crippen LogP contribution is -2.44. The molecular formula is C19H25NO8. The van der Waals surface area contributed by atoms with Crippen LogP contribution < -0.4 is 19.5 Å². The van der Waals surface area contributed by atoms with Gasteiger partial charge in [-0.2, -0.15) is 0 Å². The number of ether oxygens (including phenoxy) is 5. The lowest BCUT2D eigenvalue weighted by atomic mass is 10.0. The molecule has 0 bridgehead atoms. The molecule has 0 saturated carbocycles. The molecule has 0 saturated heterocycles. The first-order valence-corrected chi connectivity index (χ1v) is 8.87. The van der Waals surface area contributed by atoms with Crippen molar-refractivity contribution in [2.45, 2.75) is 26.3 Å². The predicted molar refractivity (Wildman–Crippen MR) is 97.7 cm³/mol. The van der Waals surface area contributed by atoms with E-state index in [1.165, 1.54) is 26.4 Å². The van der Waals surface area contributed by atoms with Crippen molar-refractivity contribution in [2.24, 2.45) is 5.92 Å². The van der Waals surface area contributed by atoms with Crippen LogP contribution in [0.3, 0.4) is 0 Å². The Labute approximate surface area is 163 Å². The minimum Gasteiger partial charge on any atom is -0.493 e. The minimum atomic E-state index is -0.800. The SMILES string of the molecule is COC(=O)[C@@H](CC(C)C)NC(=O)COC(=O)c1cc(OC)c2c(c1)OCCO2. The number of carbonyl (C=O) groups excluding carboxylic acids is 3. The van der Waals surface area contributed by atoms with Crippen LogP contribution in [0.1, 0.15) is 30.6 Å². The van der Waals surface area contributed by atoms with Crippen molar-refractivity contribution >= 4 is 17.8 Å². The predicted octanol–water partition coefficient (Wildman–Crippen LogP) is 1.33. The lowest BCUT2D eigenvalue weighted by molar-refractivity contribution is -0.145. The molecule has 9 heteroatoms. The molecule has 1 amide bonds. The standard InChI is InChI=1S/C19H25NO8/c1-11(2)7-13(19(23)25-4)20-16(21)10-28-18(22)12-8-14(24-3)17-15(9-12)26-5-6-27-17/h8-9,11,13H,5-7,10H2,1-4H3,(H,20,21)/t13-/m1/s1. The number of esters is 2. The molecule has 1 aromatic carbocycles. The Bertz CT molecular complexity index is 714. The number of benzene rings is 1. The second-order valence-corrected chi connectivity index (χ2v) is 6.55. The molecule has 28 heavy (non-hydrogen) atoms. The molecule has 1 aliphatic heterocycles. The molecule has 2 rings (SSSR count). The van der Waals surface area contributed by atoms with Crippen LogP contribution in [-0.2, 0) is 19.1 Å². The van der Waals surface area contributed by atoms with E-state index in [9.17, 15) is 14.4 Å². The van der Waals surface area contributed by atoms with Crippen molar-refractivity contribution in [3.8, 4) is 17.2 Å². The highest BCUT2D eigenvalue weighted by molar-refractivity contribution is 5.93. The Hall–Kier alpha value is -2.97. The number of nitrogens with one attached hydrogen (secondary N) is 1. The van der Waals surface area contributed by atoms with Crippen LogP contribution in [0.2, 0.25) is 0 Å². The van der Waals surface area contributed by atoms with Gasteiger partial charge in [0.2, 0.25) is 5.75 Å². The summed E-state index contributed by atoms with van der Waals surface area (Å²) in [5.74, 6) is -0.612. The number of methoxy groups -OCH3 is 2. The van der Waals surface area contributed by atoms with Gasteiger partial charge >= 0.3 is 11.9 Å². The molecule has 0 unspecified atom stereocenters. The molecule has 1 heterocycles. The van der Waals surface area contributed by atoms with E-state index in [1.54, 1.807) is 0 Å². The van der Waals surface area contributed by atoms with Crippen LogP contribution in [0, 0.1) is 5.92 Å². The first kappa shape index (κ1) is 21.3. The fourth-order valence-electron chi connectivity index (χ4n) is 2.67. The highest BCUT2D eigenvalue weighted by atomic mass is 16.6. The Morgan fingerprint density at radius 2 is 1.86 bits per heavy atom. The fourth-order valence-corrected chi connectivity index (χ4v) is 2.67. The Morgan fingerprint density at radius 3 is 2.50 bits per heavy atom. The zero-order valence-corrected chi connectivity index (χ0v) is 16.4. The second-order valence-electron chi connectivity index (χ2n) is 6.55. The second kappa shape index (κ2) is 9.82. The quantitative estimate of drug-likeness (QED) is 0.657. The maximum absolute atomic E-state index is 12.3. The van der Waals surface area contributed by atoms with Crippen molar-refractivity contribution in [3.63, 3.8) is 0 Å². The molecule has 0 aromatic heterocycles. The lowest BCUT2D eigenvalue weighted by Gasteiger charge is -2.21. The summed E-state index contributed by atoms with van der Waals surface area (Å²) in [6.45, 7) is 4.02. The summed E-state index contributed by atoms with van der Waals surface area (Å²) in [5.41, 5.74) is 0.153. The summed E-state index contributed by atoms with van der Waals surface area (Å²) >= 11 is 0. The van der Waals surface area contributed by atoms with Gasteiger partial charge in [-0.25, -0.2) is 9.59 Å². The first-order chi connectivity index (χ1) is 13.3. The summed E-state index contributed by atoms with van der Waals surface area (Å²) < 4.78 is 25.9. The van der Waals surface area contributed by atoms with Gasteiger partial charge in [-0.1, -0.05) is 13.8 Å². The maximum atomic E-state index is 12.3. The number of hydrogen-bond acceptors (Lipinski definition) is 8. The largest absolute Gasteiger partial charge is 0.493 e. The summed E-state index contributed by atoms with van der Waals surface area (Å²) in [5, 5.41) is 2.52. The third-order valence-electron chi connectivity index (χ3n) is 3.93. The van der Waals surface area contributed by atoms with Gasteiger partial charge < -0.3 is 29.0 Å². The van der Waals surface area contributed by atoms with Gasteiger partial charge in [-0.05, 0) is 24.5 Å². The third-order valence-corrected chi connectivity index (χ3v) is 3.93. The topological polar surface area (TPSA) is 109 Å². The zero-order chi connectivity index (χ0) is 20.7. The summed E-state index contributed by atoms with van der Waals surface area (Å²) in [6, 6.07) is 2.11. The van der Waals surface area contributed by atoms with Crippen LogP contribution in [0.25, 0.3) is 0 Å². The number of amides is 1. The average Bonchev–Trinajstić information content (AvgIpc) is 2.69. The number of fused-ring (bicyclic) bond motifs is 1. The molecule has 1 N–H and O–H groups in total. The zero-order valence-electron chi connectivity index (χ0n) is 16.4. The smallest absolute Gasteiger partial charge is 0.338 e. The van der Waals surface area contributed by atoms with Crippen LogP contribution in [0.4, 0.5) is 0 Å². The van der Waals surface area contributed by atoms with Crippen molar-refractivity contribution < 1.29 is 38.1 Å². The Morgan fingerprint density at radius 1 is 1.14 bits per heavy atom. The molecule has 154 valence electrons. The van der Waals surface area contributed by atoms with Gasteiger partial charge in [0.25, 0.3) is 5.91 Å². The van der Waals surface area contributed by atoms with Crippen LogP contribution >= 0.6 is 0 Å². The van der Waals surface area contributed by atoms with Crippen molar-refractivity contribution in [3.05, 3.63) is 17.7 Å². The van der Waals surface area contributed by atoms with Gasteiger partial charge in [-0.15, -0.1) is 0 Å². The summed E-state index contributed by atoms with van der Waals surface area (Å²) in [7, 11) is 2.69. The molecule has 0 aliphatic carbocycles. The maximum Gasteiger partial charge on any atom is 0.338 e. The normalized spacial score (nSPS) is 13.5. The highest BCUT2D eigenvalue weighted by Gasteiger charge is 2.24. The van der Waals surface area contributed by atoms with Gasteiger partial charge in [0.1, 0.15) is 19.3 Å². The monoisotopic (exact) mass is 395 g/mol. The first-order valence-electron chi connectivity index (χ1n) is 8.87. The van der Waals surface area contributed by atoms with E-state index in [0.29, 0.717) is 36.9 Å². The molecule has 1 aliphatic rings. The molecule has 1 aromatic rings. The van der Waals surface area contributed by atoms with Crippen LogP contribution in [0.5, 0.6) is 17.2 Å². The Balaban J connectivity index is 1.99. The van der Waals surface area contributed by atoms with E-state index in [1.807, 2.05) is 13.8 Å². The van der Waals surface area contributed by atoms with E-state index in [0.717, 1.165) is 0 Å². The number of rotatable bonds is 8. The third kappa shape index (κ3) is 5.51. The Kier molecular flexibility index (Phi) is 7.48. The molecule has 0 radical (unpaired) electrons. The van der Waals surface area contributed by atoms with E-state index in [-0.39, 0.29) is 11.5 Å². The molecule has 0 spiro atoms. The van der Waals surface area contributed by atoms with E-state index >= 15 is 0 Å².